The van der Waals surface area contributed by atoms with E-state index in [-0.39, 0.29) is 25.0 Å². The van der Waals surface area contributed by atoms with Gasteiger partial charge in [-0.3, -0.25) is 4.79 Å². The second-order valence-electron chi connectivity index (χ2n) is 3.15. The standard InChI is InChI=1S/C11H14ClNO2/c12-7-6-11(15)13-10(8-14)9-4-2-1-3-5-9/h1-5,10,14H,6-8H2,(H,13,15). The number of hydrogen-bond acceptors (Lipinski definition) is 2. The number of alkyl halides is 1. The molecule has 1 atom stereocenters. The highest BCUT2D eigenvalue weighted by Crippen LogP contribution is 2.11. The number of carbonyl (C=O) groups excluding carboxylic acids is 1. The normalized spacial score (nSPS) is 12.1. The molecule has 15 heavy (non-hydrogen) atoms. The SMILES string of the molecule is O=C(CCCl)NC(CO)c1ccccc1. The molecular formula is C11H14ClNO2. The topological polar surface area (TPSA) is 49.3 Å². The number of nitrogens with one attached hydrogen (secondary N) is 1. The molecule has 0 saturated carbocycles. The van der Waals surface area contributed by atoms with Gasteiger partial charge < -0.3 is 10.4 Å². The van der Waals surface area contributed by atoms with Crippen molar-refractivity contribution in [2.75, 3.05) is 12.5 Å². The van der Waals surface area contributed by atoms with E-state index in [1.807, 2.05) is 30.3 Å². The maximum atomic E-state index is 11.3. The van der Waals surface area contributed by atoms with Gasteiger partial charge in [-0.05, 0) is 5.56 Å². The first kappa shape index (κ1) is 12.0. The van der Waals surface area contributed by atoms with Crippen molar-refractivity contribution in [2.45, 2.75) is 12.5 Å². The lowest BCUT2D eigenvalue weighted by Crippen LogP contribution is -2.30. The molecule has 1 unspecified atom stereocenters. The van der Waals surface area contributed by atoms with Gasteiger partial charge in [0.05, 0.1) is 12.6 Å². The van der Waals surface area contributed by atoms with E-state index in [2.05, 4.69) is 5.32 Å². The molecule has 0 aromatic heterocycles. The van der Waals surface area contributed by atoms with E-state index in [0.717, 1.165) is 5.56 Å². The molecule has 0 aliphatic carbocycles. The minimum absolute atomic E-state index is 0.113. The lowest BCUT2D eigenvalue weighted by atomic mass is 10.1. The van der Waals surface area contributed by atoms with Crippen molar-refractivity contribution in [3.05, 3.63) is 35.9 Å². The van der Waals surface area contributed by atoms with Gasteiger partial charge in [0.1, 0.15) is 0 Å². The smallest absolute Gasteiger partial charge is 0.221 e. The Kier molecular flexibility index (Phi) is 5.15. The largest absolute Gasteiger partial charge is 0.394 e. The van der Waals surface area contributed by atoms with Crippen molar-refractivity contribution in [3.63, 3.8) is 0 Å². The van der Waals surface area contributed by atoms with Crippen LogP contribution in [-0.2, 0) is 4.79 Å². The summed E-state index contributed by atoms with van der Waals surface area (Å²) in [5.41, 5.74) is 0.892. The van der Waals surface area contributed by atoms with Crippen LogP contribution in [0, 0.1) is 0 Å². The molecule has 0 heterocycles. The molecule has 3 nitrogen and oxygen atoms in total. The van der Waals surface area contributed by atoms with Crippen LogP contribution in [0.1, 0.15) is 18.0 Å². The van der Waals surface area contributed by atoms with Crippen molar-refractivity contribution in [1.29, 1.82) is 0 Å². The Morgan fingerprint density at radius 1 is 1.40 bits per heavy atom. The lowest BCUT2D eigenvalue weighted by Gasteiger charge is -2.16. The Balaban J connectivity index is 2.61. The van der Waals surface area contributed by atoms with Crippen LogP contribution >= 0.6 is 11.6 Å². The van der Waals surface area contributed by atoms with Gasteiger partial charge in [-0.25, -0.2) is 0 Å². The number of benzene rings is 1. The number of amides is 1. The van der Waals surface area contributed by atoms with Crippen molar-refractivity contribution < 1.29 is 9.90 Å². The molecule has 0 aliphatic heterocycles. The summed E-state index contributed by atoms with van der Waals surface area (Å²) in [4.78, 5) is 11.3. The van der Waals surface area contributed by atoms with Crippen LogP contribution < -0.4 is 5.32 Å². The highest BCUT2D eigenvalue weighted by atomic mass is 35.5. The summed E-state index contributed by atoms with van der Waals surface area (Å²) in [5.74, 6) is 0.145. The molecular weight excluding hydrogens is 214 g/mol. The molecule has 4 heteroatoms. The van der Waals surface area contributed by atoms with E-state index in [4.69, 9.17) is 16.7 Å². The molecule has 2 N–H and O–H groups in total. The average molecular weight is 228 g/mol. The Bertz CT molecular complexity index is 303. The Morgan fingerprint density at radius 2 is 2.07 bits per heavy atom. The number of aliphatic hydroxyl groups is 1. The molecule has 0 saturated heterocycles. The van der Waals surface area contributed by atoms with Gasteiger partial charge in [-0.1, -0.05) is 30.3 Å². The molecule has 82 valence electrons. The van der Waals surface area contributed by atoms with Crippen LogP contribution in [-0.4, -0.2) is 23.5 Å². The summed E-state index contributed by atoms with van der Waals surface area (Å²) >= 11 is 5.45. The Hall–Kier alpha value is -1.06. The van der Waals surface area contributed by atoms with Crippen molar-refractivity contribution in [3.8, 4) is 0 Å². The third-order valence-corrected chi connectivity index (χ3v) is 2.23. The van der Waals surface area contributed by atoms with E-state index < -0.39 is 0 Å². The highest BCUT2D eigenvalue weighted by molar-refractivity contribution is 6.18. The molecule has 0 spiro atoms. The van der Waals surface area contributed by atoms with Crippen LogP contribution in [0.15, 0.2) is 30.3 Å². The second kappa shape index (κ2) is 6.43. The fourth-order valence-corrected chi connectivity index (χ4v) is 1.44. The molecule has 1 aromatic carbocycles. The maximum absolute atomic E-state index is 11.3. The van der Waals surface area contributed by atoms with Gasteiger partial charge >= 0.3 is 0 Å². The number of hydrogen-bond donors (Lipinski definition) is 2. The monoisotopic (exact) mass is 227 g/mol. The summed E-state index contributed by atoms with van der Waals surface area (Å²) in [6.07, 6.45) is 0.269. The van der Waals surface area contributed by atoms with Crippen molar-refractivity contribution >= 4 is 17.5 Å². The third-order valence-electron chi connectivity index (χ3n) is 2.04. The molecule has 0 fully saturated rings. The molecule has 0 aliphatic rings. The molecule has 1 aromatic rings. The quantitative estimate of drug-likeness (QED) is 0.749. The molecule has 1 amide bonds. The zero-order valence-electron chi connectivity index (χ0n) is 8.32. The lowest BCUT2D eigenvalue weighted by molar-refractivity contribution is -0.121. The summed E-state index contributed by atoms with van der Waals surface area (Å²) in [7, 11) is 0. The van der Waals surface area contributed by atoms with Gasteiger partial charge in [0, 0.05) is 12.3 Å². The maximum Gasteiger partial charge on any atom is 0.221 e. The average Bonchev–Trinajstić information content (AvgIpc) is 2.27. The number of halogens is 1. The van der Waals surface area contributed by atoms with E-state index in [1.165, 1.54) is 0 Å². The first-order valence-corrected chi connectivity index (χ1v) is 5.32. The van der Waals surface area contributed by atoms with Gasteiger partial charge in [0.2, 0.25) is 5.91 Å². The zero-order valence-corrected chi connectivity index (χ0v) is 9.07. The highest BCUT2D eigenvalue weighted by Gasteiger charge is 2.12. The van der Waals surface area contributed by atoms with Crippen molar-refractivity contribution in [2.24, 2.45) is 0 Å². The summed E-state index contributed by atoms with van der Waals surface area (Å²) in [6, 6.07) is 9.00. The van der Waals surface area contributed by atoms with Crippen LogP contribution in [0.25, 0.3) is 0 Å². The van der Waals surface area contributed by atoms with Gasteiger partial charge in [0.25, 0.3) is 0 Å². The summed E-state index contributed by atoms with van der Waals surface area (Å²) < 4.78 is 0. The van der Waals surface area contributed by atoms with E-state index >= 15 is 0 Å². The predicted molar refractivity (Wildman–Crippen MR) is 59.7 cm³/mol. The van der Waals surface area contributed by atoms with E-state index in [0.29, 0.717) is 5.88 Å². The van der Waals surface area contributed by atoms with Crippen molar-refractivity contribution in [1.82, 2.24) is 5.32 Å². The van der Waals surface area contributed by atoms with E-state index in [1.54, 1.807) is 0 Å². The minimum atomic E-state index is -0.345. The molecule has 1 rings (SSSR count). The fraction of sp³-hybridized carbons (Fsp3) is 0.364. The van der Waals surface area contributed by atoms with Crippen LogP contribution in [0.2, 0.25) is 0 Å². The van der Waals surface area contributed by atoms with Crippen LogP contribution in [0.4, 0.5) is 0 Å². The number of rotatable bonds is 5. The molecule has 0 bridgehead atoms. The minimum Gasteiger partial charge on any atom is -0.394 e. The number of aliphatic hydroxyl groups excluding tert-OH is 1. The second-order valence-corrected chi connectivity index (χ2v) is 3.53. The number of carbonyl (C=O) groups is 1. The van der Waals surface area contributed by atoms with Crippen LogP contribution in [0.3, 0.4) is 0 Å². The summed E-state index contributed by atoms with van der Waals surface area (Å²) in [5, 5.41) is 11.9. The molecule has 0 radical (unpaired) electrons. The zero-order chi connectivity index (χ0) is 11.1. The summed E-state index contributed by atoms with van der Waals surface area (Å²) in [6.45, 7) is -0.113. The van der Waals surface area contributed by atoms with Gasteiger partial charge in [-0.2, -0.15) is 0 Å². The fourth-order valence-electron chi connectivity index (χ4n) is 1.27. The first-order chi connectivity index (χ1) is 7.27. The third kappa shape index (κ3) is 3.90. The van der Waals surface area contributed by atoms with Gasteiger partial charge in [0.15, 0.2) is 0 Å². The first-order valence-electron chi connectivity index (χ1n) is 4.79. The predicted octanol–water partition coefficient (Wildman–Crippen LogP) is 1.47. The van der Waals surface area contributed by atoms with E-state index in [9.17, 15) is 4.79 Å². The Morgan fingerprint density at radius 3 is 2.60 bits per heavy atom. The van der Waals surface area contributed by atoms with Gasteiger partial charge in [-0.15, -0.1) is 11.6 Å². The Labute approximate surface area is 94.1 Å². The van der Waals surface area contributed by atoms with Crippen LogP contribution in [0.5, 0.6) is 0 Å².